The molecule has 0 aromatic rings. The Bertz CT molecular complexity index is 564. The second-order valence-electron chi connectivity index (χ2n) is 9.24. The molecule has 3 aliphatic carbocycles. The molecule has 7 atom stereocenters. The van der Waals surface area contributed by atoms with Crippen molar-refractivity contribution in [2.24, 2.45) is 39.9 Å². The van der Waals surface area contributed by atoms with Crippen LogP contribution in [0.2, 0.25) is 0 Å². The summed E-state index contributed by atoms with van der Waals surface area (Å²) in [7, 11) is 0. The van der Waals surface area contributed by atoms with Crippen molar-refractivity contribution in [3.8, 4) is 0 Å². The van der Waals surface area contributed by atoms with Crippen LogP contribution in [0.3, 0.4) is 0 Å². The van der Waals surface area contributed by atoms with Gasteiger partial charge in [0.15, 0.2) is 0 Å². The third-order valence-corrected chi connectivity index (χ3v) is 8.71. The lowest BCUT2D eigenvalue weighted by atomic mass is 9.43. The van der Waals surface area contributed by atoms with E-state index < -0.39 is 5.41 Å². The Balaban J connectivity index is 2.23. The third-order valence-electron chi connectivity index (χ3n) is 8.71. The van der Waals surface area contributed by atoms with Crippen LogP contribution in [-0.2, 0) is 9.59 Å². The molecular formula is C21H32O2. The predicted molar refractivity (Wildman–Crippen MR) is 92.9 cm³/mol. The second-order valence-corrected chi connectivity index (χ2v) is 9.24. The second kappa shape index (κ2) is 5.04. The Kier molecular flexibility index (Phi) is 3.71. The van der Waals surface area contributed by atoms with Crippen molar-refractivity contribution in [3.63, 3.8) is 0 Å². The summed E-state index contributed by atoms with van der Waals surface area (Å²) >= 11 is 0. The van der Waals surface area contributed by atoms with Gasteiger partial charge in [-0.2, -0.15) is 0 Å². The Morgan fingerprint density at radius 2 is 1.74 bits per heavy atom. The van der Waals surface area contributed by atoms with E-state index in [1.54, 1.807) is 0 Å². The first-order valence-corrected chi connectivity index (χ1v) is 9.33. The third kappa shape index (κ3) is 1.93. The molecule has 23 heavy (non-hydrogen) atoms. The summed E-state index contributed by atoms with van der Waals surface area (Å²) in [5.41, 5.74) is -0.624. The van der Waals surface area contributed by atoms with Gasteiger partial charge in [-0.3, -0.25) is 9.59 Å². The quantitative estimate of drug-likeness (QED) is 0.650. The van der Waals surface area contributed by atoms with Gasteiger partial charge in [0, 0.05) is 24.2 Å². The largest absolute Gasteiger partial charge is 0.299 e. The molecule has 0 aromatic carbocycles. The Morgan fingerprint density at radius 1 is 1.09 bits per heavy atom. The molecule has 2 bridgehead atoms. The number of rotatable bonds is 1. The maximum atomic E-state index is 13.4. The van der Waals surface area contributed by atoms with E-state index in [-0.39, 0.29) is 16.7 Å². The SMILES string of the molecule is C=CC1(C)CC(=O)C2(C)C(C)CCC3(CCC(=O)C23)[C@@H](C)C1C. The van der Waals surface area contributed by atoms with Gasteiger partial charge in [-0.25, -0.2) is 0 Å². The number of ketones is 2. The van der Waals surface area contributed by atoms with E-state index in [4.69, 9.17) is 0 Å². The van der Waals surface area contributed by atoms with Crippen LogP contribution >= 0.6 is 0 Å². The van der Waals surface area contributed by atoms with E-state index in [1.807, 2.05) is 6.08 Å². The zero-order valence-corrected chi connectivity index (χ0v) is 15.4. The molecule has 6 unspecified atom stereocenters. The van der Waals surface area contributed by atoms with Crippen molar-refractivity contribution in [1.29, 1.82) is 0 Å². The fourth-order valence-corrected chi connectivity index (χ4v) is 6.41. The molecule has 0 aliphatic heterocycles. The summed E-state index contributed by atoms with van der Waals surface area (Å²) in [4.78, 5) is 26.3. The number of hydrogen-bond acceptors (Lipinski definition) is 2. The average molecular weight is 316 g/mol. The van der Waals surface area contributed by atoms with Gasteiger partial charge in [-0.05, 0) is 47.8 Å². The highest BCUT2D eigenvalue weighted by atomic mass is 16.1. The van der Waals surface area contributed by atoms with Crippen molar-refractivity contribution >= 4 is 11.6 Å². The molecule has 0 radical (unpaired) electrons. The summed E-state index contributed by atoms with van der Waals surface area (Å²) in [6, 6.07) is 0. The molecule has 0 saturated heterocycles. The van der Waals surface area contributed by atoms with Gasteiger partial charge in [0.2, 0.25) is 0 Å². The number of allylic oxidation sites excluding steroid dienone is 1. The Morgan fingerprint density at radius 3 is 2.35 bits per heavy atom. The zero-order chi connectivity index (χ0) is 17.2. The topological polar surface area (TPSA) is 34.1 Å². The monoisotopic (exact) mass is 316 g/mol. The lowest BCUT2D eigenvalue weighted by molar-refractivity contribution is -0.165. The highest BCUT2D eigenvalue weighted by Gasteiger charge is 2.66. The van der Waals surface area contributed by atoms with Gasteiger partial charge >= 0.3 is 0 Å². The summed E-state index contributed by atoms with van der Waals surface area (Å²) in [6.45, 7) is 15.2. The first-order valence-electron chi connectivity index (χ1n) is 9.33. The molecule has 128 valence electrons. The lowest BCUT2D eigenvalue weighted by Crippen LogP contribution is -2.59. The smallest absolute Gasteiger partial charge is 0.140 e. The van der Waals surface area contributed by atoms with Crippen molar-refractivity contribution in [2.45, 2.75) is 66.7 Å². The molecule has 3 saturated carbocycles. The molecule has 2 heteroatoms. The molecule has 3 aliphatic rings. The number of hydrogen-bond donors (Lipinski definition) is 0. The van der Waals surface area contributed by atoms with E-state index in [1.165, 1.54) is 0 Å². The molecule has 2 nitrogen and oxygen atoms in total. The van der Waals surface area contributed by atoms with Crippen LogP contribution < -0.4 is 0 Å². The normalized spacial score (nSPS) is 53.4. The van der Waals surface area contributed by atoms with Gasteiger partial charge in [-0.1, -0.05) is 40.7 Å². The molecule has 3 fully saturated rings. The first kappa shape index (κ1) is 16.9. The minimum absolute atomic E-state index is 0.0259. The molecule has 0 N–H and O–H groups in total. The van der Waals surface area contributed by atoms with Crippen LogP contribution in [-0.4, -0.2) is 11.6 Å². The van der Waals surface area contributed by atoms with Crippen LogP contribution in [0.25, 0.3) is 0 Å². The molecule has 0 spiro atoms. The van der Waals surface area contributed by atoms with Crippen molar-refractivity contribution < 1.29 is 9.59 Å². The van der Waals surface area contributed by atoms with Crippen molar-refractivity contribution in [1.82, 2.24) is 0 Å². The lowest BCUT2D eigenvalue weighted by Gasteiger charge is -2.59. The Labute approximate surface area is 141 Å². The molecular weight excluding hydrogens is 284 g/mol. The van der Waals surface area contributed by atoms with E-state index in [0.717, 1.165) is 19.3 Å². The summed E-state index contributed by atoms with van der Waals surface area (Å²) in [6.07, 6.45) is 6.36. The van der Waals surface area contributed by atoms with Crippen molar-refractivity contribution in [3.05, 3.63) is 12.7 Å². The minimum Gasteiger partial charge on any atom is -0.299 e. The van der Waals surface area contributed by atoms with Gasteiger partial charge in [0.25, 0.3) is 0 Å². The molecule has 0 amide bonds. The van der Waals surface area contributed by atoms with Gasteiger partial charge in [0.1, 0.15) is 11.6 Å². The summed E-state index contributed by atoms with van der Waals surface area (Å²) < 4.78 is 0. The van der Waals surface area contributed by atoms with E-state index in [2.05, 4.69) is 41.2 Å². The summed E-state index contributed by atoms with van der Waals surface area (Å²) in [5, 5.41) is 0. The molecule has 0 heterocycles. The van der Waals surface area contributed by atoms with Crippen LogP contribution in [0.15, 0.2) is 12.7 Å². The van der Waals surface area contributed by atoms with Crippen molar-refractivity contribution in [2.75, 3.05) is 0 Å². The number of Topliss-reactive ketones (excluding diaryl/α,β-unsaturated/α-hetero) is 2. The van der Waals surface area contributed by atoms with Gasteiger partial charge < -0.3 is 0 Å². The fourth-order valence-electron chi connectivity index (χ4n) is 6.41. The van der Waals surface area contributed by atoms with Crippen LogP contribution in [0.5, 0.6) is 0 Å². The predicted octanol–water partition coefficient (Wildman–Crippen LogP) is 4.83. The number of carbonyl (C=O) groups excluding carboxylic acids is 2. The highest BCUT2D eigenvalue weighted by Crippen LogP contribution is 2.67. The van der Waals surface area contributed by atoms with E-state index >= 15 is 0 Å². The summed E-state index contributed by atoms with van der Waals surface area (Å²) in [5.74, 6) is 1.71. The minimum atomic E-state index is -0.482. The van der Waals surface area contributed by atoms with Gasteiger partial charge in [-0.15, -0.1) is 6.58 Å². The molecule has 0 aromatic heterocycles. The maximum Gasteiger partial charge on any atom is 0.140 e. The fraction of sp³-hybridized carbons (Fsp3) is 0.810. The first-order chi connectivity index (χ1) is 10.6. The highest BCUT2D eigenvalue weighted by molar-refractivity contribution is 5.95. The van der Waals surface area contributed by atoms with Crippen LogP contribution in [0, 0.1) is 39.9 Å². The molecule has 3 rings (SSSR count). The van der Waals surface area contributed by atoms with E-state index in [0.29, 0.717) is 42.2 Å². The van der Waals surface area contributed by atoms with Gasteiger partial charge in [0.05, 0.1) is 0 Å². The van der Waals surface area contributed by atoms with E-state index in [9.17, 15) is 9.59 Å². The zero-order valence-electron chi connectivity index (χ0n) is 15.4. The Hall–Kier alpha value is -0.920. The average Bonchev–Trinajstić information content (AvgIpc) is 2.87. The van der Waals surface area contributed by atoms with Crippen LogP contribution in [0.1, 0.15) is 66.7 Å². The number of carbonyl (C=O) groups is 2. The maximum absolute atomic E-state index is 13.4. The van der Waals surface area contributed by atoms with Crippen LogP contribution in [0.4, 0.5) is 0 Å². The standard InChI is InChI=1S/C21H32O2/c1-7-19(5)12-17(23)20(6)13(2)8-10-21(15(4)14(19)3)11-9-16(22)18(20)21/h7,13-15,18H,1,8-12H2,2-6H3/t13?,14?,15-,18?,19?,20?,21?/m0/s1.